The first-order valence-electron chi connectivity index (χ1n) is 6.97. The van der Waals surface area contributed by atoms with Gasteiger partial charge in [0.25, 0.3) is 0 Å². The Hall–Kier alpha value is -1.06. The summed E-state index contributed by atoms with van der Waals surface area (Å²) in [5.74, 6) is 1.01. The lowest BCUT2D eigenvalue weighted by Crippen LogP contribution is -2.61. The molecule has 1 aliphatic carbocycles. The third-order valence-electron chi connectivity index (χ3n) is 5.11. The quantitative estimate of drug-likeness (QED) is 0.908. The lowest BCUT2D eigenvalue weighted by atomic mass is 9.68. The van der Waals surface area contributed by atoms with E-state index in [0.717, 1.165) is 31.8 Å². The first-order valence-corrected chi connectivity index (χ1v) is 6.97. The molecule has 0 radical (unpaired) electrons. The Labute approximate surface area is 115 Å². The van der Waals surface area contributed by atoms with Crippen LogP contribution in [0.15, 0.2) is 6.07 Å². The van der Waals surface area contributed by atoms with Gasteiger partial charge in [0.05, 0.1) is 25.7 Å². The van der Waals surface area contributed by atoms with Gasteiger partial charge >= 0.3 is 0 Å². The van der Waals surface area contributed by atoms with Crippen molar-refractivity contribution in [3.63, 3.8) is 0 Å². The first-order chi connectivity index (χ1) is 8.95. The lowest BCUT2D eigenvalue weighted by Gasteiger charge is -2.48. The standard InChI is InChI=1S/C16H23NO2/c1-10-7-11(2)13(14(18-4)12(10)3)15(8-19-9-15)16(17)5-6-16/h7H,5-6,8-9,17H2,1-4H3. The number of hydrogen-bond acceptors (Lipinski definition) is 3. The van der Waals surface area contributed by atoms with Crippen molar-refractivity contribution in [2.24, 2.45) is 5.73 Å². The van der Waals surface area contributed by atoms with E-state index < -0.39 is 0 Å². The van der Waals surface area contributed by atoms with Crippen LogP contribution in [-0.4, -0.2) is 25.9 Å². The molecule has 2 N–H and O–H groups in total. The highest BCUT2D eigenvalue weighted by atomic mass is 16.5. The van der Waals surface area contributed by atoms with Gasteiger partial charge in [-0.05, 0) is 50.3 Å². The molecule has 104 valence electrons. The average Bonchev–Trinajstić information content (AvgIpc) is 3.03. The smallest absolute Gasteiger partial charge is 0.126 e. The van der Waals surface area contributed by atoms with E-state index in [1.165, 1.54) is 22.3 Å². The van der Waals surface area contributed by atoms with Crippen molar-refractivity contribution in [3.05, 3.63) is 28.3 Å². The third kappa shape index (κ3) is 1.58. The summed E-state index contributed by atoms with van der Waals surface area (Å²) in [7, 11) is 1.76. The molecular formula is C16H23NO2. The molecule has 1 aliphatic heterocycles. The van der Waals surface area contributed by atoms with Gasteiger partial charge in [0.1, 0.15) is 5.75 Å². The van der Waals surface area contributed by atoms with Crippen molar-refractivity contribution < 1.29 is 9.47 Å². The van der Waals surface area contributed by atoms with Gasteiger partial charge in [0.15, 0.2) is 0 Å². The van der Waals surface area contributed by atoms with Crippen molar-refractivity contribution in [3.8, 4) is 5.75 Å². The van der Waals surface area contributed by atoms with Crippen LogP contribution < -0.4 is 10.5 Å². The van der Waals surface area contributed by atoms with Crippen LogP contribution in [-0.2, 0) is 10.2 Å². The fourth-order valence-electron chi connectivity index (χ4n) is 3.50. The maximum Gasteiger partial charge on any atom is 0.126 e. The Balaban J connectivity index is 2.22. The largest absolute Gasteiger partial charge is 0.496 e. The van der Waals surface area contributed by atoms with Crippen LogP contribution in [0.3, 0.4) is 0 Å². The maximum absolute atomic E-state index is 6.56. The molecule has 19 heavy (non-hydrogen) atoms. The molecule has 0 unspecified atom stereocenters. The molecule has 0 amide bonds. The summed E-state index contributed by atoms with van der Waals surface area (Å²) < 4.78 is 11.3. The fraction of sp³-hybridized carbons (Fsp3) is 0.625. The SMILES string of the molecule is COc1c(C)c(C)cc(C)c1C1(C2(N)CC2)COC1. The summed E-state index contributed by atoms with van der Waals surface area (Å²) in [6, 6.07) is 2.25. The summed E-state index contributed by atoms with van der Waals surface area (Å²) >= 11 is 0. The van der Waals surface area contributed by atoms with Crippen LogP contribution in [0.4, 0.5) is 0 Å². The van der Waals surface area contributed by atoms with Crippen molar-refractivity contribution in [1.82, 2.24) is 0 Å². The second-order valence-electron chi connectivity index (χ2n) is 6.27. The van der Waals surface area contributed by atoms with E-state index in [0.29, 0.717) is 0 Å². The molecule has 2 fully saturated rings. The van der Waals surface area contributed by atoms with Crippen LogP contribution in [0.2, 0.25) is 0 Å². The number of rotatable bonds is 3. The summed E-state index contributed by atoms with van der Waals surface area (Å²) in [4.78, 5) is 0. The number of ether oxygens (including phenoxy) is 2. The third-order valence-corrected chi connectivity index (χ3v) is 5.11. The molecule has 1 aromatic rings. The van der Waals surface area contributed by atoms with Gasteiger partial charge in [0.2, 0.25) is 0 Å². The number of methoxy groups -OCH3 is 1. The Morgan fingerprint density at radius 3 is 2.21 bits per heavy atom. The van der Waals surface area contributed by atoms with Crippen LogP contribution >= 0.6 is 0 Å². The molecule has 3 rings (SSSR count). The minimum absolute atomic E-state index is 0.0408. The van der Waals surface area contributed by atoms with Crippen molar-refractivity contribution in [2.75, 3.05) is 20.3 Å². The molecule has 0 aromatic heterocycles. The van der Waals surface area contributed by atoms with E-state index in [1.54, 1.807) is 7.11 Å². The van der Waals surface area contributed by atoms with Gasteiger partial charge in [-0.3, -0.25) is 0 Å². The molecular weight excluding hydrogens is 238 g/mol. The second-order valence-corrected chi connectivity index (χ2v) is 6.27. The van der Waals surface area contributed by atoms with Crippen molar-refractivity contribution >= 4 is 0 Å². The highest BCUT2D eigenvalue weighted by Crippen LogP contribution is 2.56. The fourth-order valence-corrected chi connectivity index (χ4v) is 3.50. The number of aryl methyl sites for hydroxylation is 2. The number of benzene rings is 1. The highest BCUT2D eigenvalue weighted by Gasteiger charge is 2.63. The second kappa shape index (κ2) is 3.97. The van der Waals surface area contributed by atoms with E-state index in [1.807, 2.05) is 0 Å². The van der Waals surface area contributed by atoms with E-state index >= 15 is 0 Å². The minimum Gasteiger partial charge on any atom is -0.496 e. The van der Waals surface area contributed by atoms with Gasteiger partial charge in [-0.25, -0.2) is 0 Å². The topological polar surface area (TPSA) is 44.5 Å². The van der Waals surface area contributed by atoms with E-state index in [9.17, 15) is 0 Å². The first kappa shape index (κ1) is 12.9. The molecule has 2 aliphatic rings. The van der Waals surface area contributed by atoms with Crippen LogP contribution in [0.25, 0.3) is 0 Å². The Kier molecular flexibility index (Phi) is 2.70. The van der Waals surface area contributed by atoms with Gasteiger partial charge in [0, 0.05) is 11.1 Å². The molecule has 0 atom stereocenters. The molecule has 1 heterocycles. The van der Waals surface area contributed by atoms with E-state index in [2.05, 4.69) is 26.8 Å². The van der Waals surface area contributed by atoms with Gasteiger partial charge in [-0.1, -0.05) is 6.07 Å². The summed E-state index contributed by atoms with van der Waals surface area (Å²) in [5.41, 5.74) is 11.5. The zero-order chi connectivity index (χ0) is 13.8. The maximum atomic E-state index is 6.56. The Bertz CT molecular complexity index is 528. The summed E-state index contributed by atoms with van der Waals surface area (Å²) in [5, 5.41) is 0. The average molecular weight is 261 g/mol. The van der Waals surface area contributed by atoms with E-state index in [-0.39, 0.29) is 11.0 Å². The monoisotopic (exact) mass is 261 g/mol. The molecule has 0 spiro atoms. The molecule has 1 saturated carbocycles. The predicted octanol–water partition coefficient (Wildman–Crippen LogP) is 2.38. The number of nitrogens with two attached hydrogens (primary N) is 1. The van der Waals surface area contributed by atoms with Crippen molar-refractivity contribution in [1.29, 1.82) is 0 Å². The zero-order valence-electron chi connectivity index (χ0n) is 12.3. The molecule has 3 nitrogen and oxygen atoms in total. The molecule has 0 bridgehead atoms. The van der Waals surface area contributed by atoms with Crippen LogP contribution in [0.1, 0.15) is 35.1 Å². The minimum atomic E-state index is -0.0923. The van der Waals surface area contributed by atoms with Gasteiger partial charge in [-0.15, -0.1) is 0 Å². The normalized spacial score (nSPS) is 22.8. The van der Waals surface area contributed by atoms with Gasteiger partial charge in [-0.2, -0.15) is 0 Å². The molecule has 1 aromatic carbocycles. The predicted molar refractivity (Wildman–Crippen MR) is 75.9 cm³/mol. The highest BCUT2D eigenvalue weighted by molar-refractivity contribution is 5.56. The number of hydrogen-bond donors (Lipinski definition) is 1. The van der Waals surface area contributed by atoms with Crippen LogP contribution in [0, 0.1) is 20.8 Å². The van der Waals surface area contributed by atoms with E-state index in [4.69, 9.17) is 15.2 Å². The van der Waals surface area contributed by atoms with Crippen molar-refractivity contribution in [2.45, 2.75) is 44.6 Å². The molecule has 1 saturated heterocycles. The Morgan fingerprint density at radius 2 is 1.79 bits per heavy atom. The zero-order valence-corrected chi connectivity index (χ0v) is 12.3. The van der Waals surface area contributed by atoms with Crippen LogP contribution in [0.5, 0.6) is 5.75 Å². The van der Waals surface area contributed by atoms with Gasteiger partial charge < -0.3 is 15.2 Å². The Morgan fingerprint density at radius 1 is 1.16 bits per heavy atom. The summed E-state index contributed by atoms with van der Waals surface area (Å²) in [6.45, 7) is 7.87. The molecule has 3 heteroatoms. The lowest BCUT2D eigenvalue weighted by molar-refractivity contribution is -0.0798. The summed E-state index contributed by atoms with van der Waals surface area (Å²) in [6.07, 6.45) is 2.18.